The van der Waals surface area contributed by atoms with Gasteiger partial charge in [0.2, 0.25) is 0 Å². The van der Waals surface area contributed by atoms with Crippen molar-refractivity contribution < 1.29 is 57.6 Å². The number of hydrogen-bond donors (Lipinski definition) is 1. The first-order chi connectivity index (χ1) is 19.2. The summed E-state index contributed by atoms with van der Waals surface area (Å²) in [5.41, 5.74) is 0.662. The fourth-order valence-corrected chi connectivity index (χ4v) is 2.51. The number of benzene rings is 2. The molecular formula is C23H24N4O14. The van der Waals surface area contributed by atoms with Crippen LogP contribution in [0.5, 0.6) is 11.5 Å². The van der Waals surface area contributed by atoms with E-state index < -0.39 is 46.4 Å². The second-order valence-electron chi connectivity index (χ2n) is 8.53. The topological polar surface area (TPSA) is 225 Å². The number of nitro groups is 2. The van der Waals surface area contributed by atoms with Crippen LogP contribution in [0, 0.1) is 20.2 Å². The first-order valence-electron chi connectivity index (χ1n) is 11.4. The molecule has 2 aromatic carbocycles. The average molecular weight is 580 g/mol. The number of nitrogens with zero attached hydrogens (tertiary/aromatic N) is 3. The second-order valence-corrected chi connectivity index (χ2v) is 8.53. The predicted molar refractivity (Wildman–Crippen MR) is 132 cm³/mol. The van der Waals surface area contributed by atoms with Crippen molar-refractivity contribution in [1.82, 2.24) is 10.5 Å². The fraction of sp³-hybridized carbons (Fsp3) is 0.304. The molecule has 2 aromatic rings. The molecule has 0 aromatic heterocycles. The molecule has 41 heavy (non-hydrogen) atoms. The number of carbonyl (C=O) groups is 4. The first-order valence-corrected chi connectivity index (χ1v) is 11.4. The van der Waals surface area contributed by atoms with Gasteiger partial charge in [-0.25, -0.2) is 19.2 Å². The normalized spacial score (nSPS) is 10.5. The number of hydroxylamine groups is 3. The van der Waals surface area contributed by atoms with E-state index in [4.69, 9.17) is 28.6 Å². The Morgan fingerprint density at radius 2 is 1.32 bits per heavy atom. The summed E-state index contributed by atoms with van der Waals surface area (Å²) in [5.74, 6) is -1.29. The van der Waals surface area contributed by atoms with Crippen LogP contribution in [0.3, 0.4) is 0 Å². The van der Waals surface area contributed by atoms with Crippen molar-refractivity contribution in [3.8, 4) is 11.5 Å². The van der Waals surface area contributed by atoms with Crippen molar-refractivity contribution in [1.29, 1.82) is 0 Å². The Kier molecular flexibility index (Phi) is 11.3. The Morgan fingerprint density at radius 1 is 0.829 bits per heavy atom. The maximum Gasteiger partial charge on any atom is 0.539 e. The lowest BCUT2D eigenvalue weighted by molar-refractivity contribution is -0.385. The zero-order valence-corrected chi connectivity index (χ0v) is 21.8. The number of ether oxygens (including phenoxy) is 4. The Balaban J connectivity index is 1.82. The molecule has 1 N–H and O–H groups in total. The minimum Gasteiger partial charge on any atom is -0.442 e. The van der Waals surface area contributed by atoms with Crippen molar-refractivity contribution in [3.63, 3.8) is 0 Å². The van der Waals surface area contributed by atoms with Gasteiger partial charge in [-0.1, -0.05) is 0 Å². The molecule has 0 aliphatic rings. The molecular weight excluding hydrogens is 556 g/mol. The van der Waals surface area contributed by atoms with Crippen molar-refractivity contribution in [2.75, 3.05) is 19.7 Å². The standard InChI is InChI=1S/C23H24N4O14/c1-23(2,3)39-20(29)25(41-22(31)38-18-10-6-16(7-11-18)27(34)35)14-19(28)40-24-12-13-36-21(30)37-17-8-4-15(5-9-17)26(32)33/h4-11,24H,12-14H2,1-3H3. The highest BCUT2D eigenvalue weighted by Crippen LogP contribution is 2.19. The Morgan fingerprint density at radius 3 is 1.78 bits per heavy atom. The maximum atomic E-state index is 12.4. The summed E-state index contributed by atoms with van der Waals surface area (Å²) in [5, 5.41) is 21.6. The molecule has 220 valence electrons. The molecule has 0 atom stereocenters. The van der Waals surface area contributed by atoms with E-state index in [2.05, 4.69) is 5.48 Å². The summed E-state index contributed by atoms with van der Waals surface area (Å²) < 4.78 is 19.5. The van der Waals surface area contributed by atoms with E-state index in [1.165, 1.54) is 32.9 Å². The van der Waals surface area contributed by atoms with E-state index >= 15 is 0 Å². The molecule has 0 saturated carbocycles. The first kappa shape index (κ1) is 31.7. The molecule has 18 heteroatoms. The summed E-state index contributed by atoms with van der Waals surface area (Å²) in [7, 11) is 0. The third-order valence-electron chi connectivity index (χ3n) is 4.16. The Bertz CT molecular complexity index is 1260. The quantitative estimate of drug-likeness (QED) is 0.106. The summed E-state index contributed by atoms with van der Waals surface area (Å²) in [4.78, 5) is 77.9. The van der Waals surface area contributed by atoms with E-state index in [0.717, 1.165) is 36.4 Å². The molecule has 0 unspecified atom stereocenters. The van der Waals surface area contributed by atoms with Crippen LogP contribution in [0.4, 0.5) is 25.8 Å². The molecule has 0 fully saturated rings. The molecule has 0 aliphatic carbocycles. The smallest absolute Gasteiger partial charge is 0.442 e. The van der Waals surface area contributed by atoms with Gasteiger partial charge in [-0.15, -0.1) is 10.5 Å². The lowest BCUT2D eigenvalue weighted by atomic mass is 10.2. The van der Waals surface area contributed by atoms with Gasteiger partial charge in [0, 0.05) is 24.3 Å². The Labute approximate surface area is 230 Å². The van der Waals surface area contributed by atoms with Crippen LogP contribution in [0.2, 0.25) is 0 Å². The molecule has 2 rings (SSSR count). The van der Waals surface area contributed by atoms with Crippen LogP contribution in [0.1, 0.15) is 20.8 Å². The molecule has 0 heterocycles. The summed E-state index contributed by atoms with van der Waals surface area (Å²) in [6.45, 7) is 3.03. The highest BCUT2D eigenvalue weighted by atomic mass is 16.8. The van der Waals surface area contributed by atoms with Gasteiger partial charge in [-0.05, 0) is 45.0 Å². The van der Waals surface area contributed by atoms with Crippen LogP contribution in [0.15, 0.2) is 48.5 Å². The van der Waals surface area contributed by atoms with Gasteiger partial charge in [0.15, 0.2) is 6.54 Å². The van der Waals surface area contributed by atoms with Crippen LogP contribution < -0.4 is 15.0 Å². The monoisotopic (exact) mass is 580 g/mol. The van der Waals surface area contributed by atoms with Crippen LogP contribution in [-0.2, 0) is 23.9 Å². The van der Waals surface area contributed by atoms with Crippen molar-refractivity contribution in [2.24, 2.45) is 0 Å². The summed E-state index contributed by atoms with van der Waals surface area (Å²) >= 11 is 0. The fourth-order valence-electron chi connectivity index (χ4n) is 2.51. The minimum absolute atomic E-state index is 0.00525. The summed E-state index contributed by atoms with van der Waals surface area (Å²) in [6.07, 6.45) is -3.85. The van der Waals surface area contributed by atoms with Crippen LogP contribution in [0.25, 0.3) is 0 Å². The van der Waals surface area contributed by atoms with E-state index in [1.54, 1.807) is 0 Å². The lowest BCUT2D eigenvalue weighted by Gasteiger charge is -2.25. The third-order valence-corrected chi connectivity index (χ3v) is 4.16. The number of nitrogens with one attached hydrogen (secondary N) is 1. The summed E-state index contributed by atoms with van der Waals surface area (Å²) in [6, 6.07) is 9.00. The van der Waals surface area contributed by atoms with Gasteiger partial charge in [0.25, 0.3) is 11.4 Å². The van der Waals surface area contributed by atoms with Crippen molar-refractivity contribution in [2.45, 2.75) is 26.4 Å². The van der Waals surface area contributed by atoms with Crippen molar-refractivity contribution >= 4 is 35.7 Å². The van der Waals surface area contributed by atoms with Gasteiger partial charge in [0.05, 0.1) is 16.4 Å². The highest BCUT2D eigenvalue weighted by Gasteiger charge is 2.29. The number of amides is 1. The number of hydrogen-bond acceptors (Lipinski definition) is 15. The van der Waals surface area contributed by atoms with E-state index in [1.807, 2.05) is 0 Å². The zero-order chi connectivity index (χ0) is 30.6. The van der Waals surface area contributed by atoms with E-state index in [0.29, 0.717) is 0 Å². The lowest BCUT2D eigenvalue weighted by Crippen LogP contribution is -2.43. The largest absolute Gasteiger partial charge is 0.539 e. The predicted octanol–water partition coefficient (Wildman–Crippen LogP) is 3.43. The van der Waals surface area contributed by atoms with Gasteiger partial charge >= 0.3 is 24.4 Å². The van der Waals surface area contributed by atoms with E-state index in [-0.39, 0.29) is 41.1 Å². The molecule has 0 aliphatic heterocycles. The van der Waals surface area contributed by atoms with Crippen molar-refractivity contribution in [3.05, 3.63) is 68.8 Å². The minimum atomic E-state index is -1.47. The Hall–Kier alpha value is -5.52. The molecule has 1 amide bonds. The van der Waals surface area contributed by atoms with Gasteiger partial charge in [-0.3, -0.25) is 25.1 Å². The number of non-ortho nitro benzene ring substituents is 2. The van der Waals surface area contributed by atoms with Gasteiger partial charge in [-0.2, -0.15) is 0 Å². The molecule has 0 bridgehead atoms. The maximum absolute atomic E-state index is 12.4. The third kappa shape index (κ3) is 11.8. The molecule has 0 spiro atoms. The molecule has 18 nitrogen and oxygen atoms in total. The zero-order valence-electron chi connectivity index (χ0n) is 21.8. The van der Waals surface area contributed by atoms with Gasteiger partial charge in [0.1, 0.15) is 23.7 Å². The van der Waals surface area contributed by atoms with Gasteiger partial charge < -0.3 is 23.8 Å². The number of nitro benzene ring substituents is 2. The van der Waals surface area contributed by atoms with E-state index in [9.17, 15) is 39.4 Å². The number of carbonyl (C=O) groups excluding carboxylic acids is 4. The molecule has 0 radical (unpaired) electrons. The van der Waals surface area contributed by atoms with Crippen LogP contribution >= 0.6 is 0 Å². The highest BCUT2D eigenvalue weighted by molar-refractivity contribution is 5.78. The second kappa shape index (κ2) is 14.6. The number of rotatable bonds is 10. The molecule has 0 saturated heterocycles. The van der Waals surface area contributed by atoms with Crippen LogP contribution in [-0.4, -0.2) is 64.6 Å². The average Bonchev–Trinajstić information content (AvgIpc) is 2.87. The SMILES string of the molecule is CC(C)(C)OC(=O)N(CC(=O)ONCCOC(=O)Oc1ccc([N+](=O)[O-])cc1)OC(=O)Oc1ccc([N+](=O)[O-])cc1.